The highest BCUT2D eigenvalue weighted by Gasteiger charge is 2.13. The normalized spacial score (nSPS) is 17.3. The van der Waals surface area contributed by atoms with Crippen LogP contribution >= 0.6 is 0 Å². The number of hydrogen-bond acceptors (Lipinski definition) is 2. The van der Waals surface area contributed by atoms with Crippen molar-refractivity contribution in [1.29, 1.82) is 0 Å². The third-order valence-corrected chi connectivity index (χ3v) is 1.76. The summed E-state index contributed by atoms with van der Waals surface area (Å²) in [5.74, 6) is 0.293. The first-order valence-electron chi connectivity index (χ1n) is 3.35. The Kier molecular flexibility index (Phi) is 4.85. The van der Waals surface area contributed by atoms with E-state index in [2.05, 4.69) is 4.18 Å². The molecule has 62 valence electrons. The van der Waals surface area contributed by atoms with Crippen LogP contribution in [0.5, 0.6) is 0 Å². The molecule has 0 aliphatic heterocycles. The first-order chi connectivity index (χ1) is 4.57. The Morgan fingerprint density at radius 3 is 2.20 bits per heavy atom. The molecule has 1 N–H and O–H groups in total. The summed E-state index contributed by atoms with van der Waals surface area (Å²) in [6.07, 6.45) is 0.662. The smallest absolute Gasteiger partial charge is 0.284 e. The lowest BCUT2D eigenvalue weighted by molar-refractivity contribution is 0.151. The molecule has 3 nitrogen and oxygen atoms in total. The van der Waals surface area contributed by atoms with Crippen molar-refractivity contribution < 1.29 is 12.9 Å². The van der Waals surface area contributed by atoms with Gasteiger partial charge in [-0.1, -0.05) is 20.8 Å². The minimum atomic E-state index is -2.12. The van der Waals surface area contributed by atoms with Crippen molar-refractivity contribution in [1.82, 2.24) is 0 Å². The molecule has 0 rings (SSSR count). The fourth-order valence-electron chi connectivity index (χ4n) is 0.756. The van der Waals surface area contributed by atoms with Gasteiger partial charge in [0.2, 0.25) is 0 Å². The summed E-state index contributed by atoms with van der Waals surface area (Å²) in [5, 5.41) is 0. The zero-order chi connectivity index (χ0) is 8.15. The molecule has 0 aliphatic carbocycles. The Morgan fingerprint density at radius 1 is 1.60 bits per heavy atom. The van der Waals surface area contributed by atoms with E-state index in [-0.39, 0.29) is 6.10 Å². The molecule has 2 atom stereocenters. The molecule has 0 spiro atoms. The summed E-state index contributed by atoms with van der Waals surface area (Å²) in [6, 6.07) is 0. The maximum absolute atomic E-state index is 10.2. The molecule has 0 aromatic rings. The molecular formula is C6H14O3S. The molecule has 10 heavy (non-hydrogen) atoms. The second-order valence-corrected chi connectivity index (χ2v) is 3.13. The molecule has 0 aliphatic rings. The van der Waals surface area contributed by atoms with Gasteiger partial charge >= 0.3 is 11.4 Å². The zero-order valence-corrected chi connectivity index (χ0v) is 7.35. The molecule has 0 bridgehead atoms. The molecule has 0 heterocycles. The lowest BCUT2D eigenvalue weighted by Crippen LogP contribution is -2.19. The van der Waals surface area contributed by atoms with Crippen molar-refractivity contribution in [3.8, 4) is 0 Å². The van der Waals surface area contributed by atoms with Crippen molar-refractivity contribution in [3.05, 3.63) is 0 Å². The van der Waals surface area contributed by atoms with E-state index in [4.69, 9.17) is 4.55 Å². The monoisotopic (exact) mass is 166 g/mol. The van der Waals surface area contributed by atoms with Crippen LogP contribution in [0.4, 0.5) is 0 Å². The van der Waals surface area contributed by atoms with E-state index in [0.717, 1.165) is 6.42 Å². The summed E-state index contributed by atoms with van der Waals surface area (Å²) in [7, 11) is 0. The number of hydrogen-bond donors (Lipinski definition) is 1. The van der Waals surface area contributed by atoms with Gasteiger partial charge in [0.15, 0.2) is 0 Å². The largest absolute Gasteiger partial charge is 0.302 e. The van der Waals surface area contributed by atoms with Crippen molar-refractivity contribution in [2.75, 3.05) is 0 Å². The summed E-state index contributed by atoms with van der Waals surface area (Å²) < 4.78 is 23.2. The summed E-state index contributed by atoms with van der Waals surface area (Å²) in [5.41, 5.74) is 0. The minimum Gasteiger partial charge on any atom is -0.284 e. The van der Waals surface area contributed by atoms with E-state index >= 15 is 0 Å². The van der Waals surface area contributed by atoms with Crippen LogP contribution in [-0.2, 0) is 15.5 Å². The summed E-state index contributed by atoms with van der Waals surface area (Å²) in [4.78, 5) is 0. The Bertz CT molecular complexity index is 114. The van der Waals surface area contributed by atoms with E-state index in [0.29, 0.717) is 5.92 Å². The topological polar surface area (TPSA) is 46.5 Å². The van der Waals surface area contributed by atoms with Gasteiger partial charge in [0.05, 0.1) is 6.10 Å². The lowest BCUT2D eigenvalue weighted by Gasteiger charge is -2.15. The predicted molar refractivity (Wildman–Crippen MR) is 40.8 cm³/mol. The molecule has 0 saturated heterocycles. The minimum absolute atomic E-state index is 0.106. The highest BCUT2D eigenvalue weighted by Crippen LogP contribution is 2.10. The van der Waals surface area contributed by atoms with Crippen LogP contribution in [0.2, 0.25) is 0 Å². The summed E-state index contributed by atoms with van der Waals surface area (Å²) >= 11 is -2.12. The van der Waals surface area contributed by atoms with Gasteiger partial charge in [-0.3, -0.25) is 8.74 Å². The Morgan fingerprint density at radius 2 is 2.10 bits per heavy atom. The second kappa shape index (κ2) is 4.82. The fraction of sp³-hybridized carbons (Fsp3) is 1.00. The van der Waals surface area contributed by atoms with Crippen molar-refractivity contribution in [2.45, 2.75) is 33.3 Å². The molecular weight excluding hydrogens is 152 g/mol. The molecule has 0 aromatic carbocycles. The number of rotatable bonds is 4. The van der Waals surface area contributed by atoms with Gasteiger partial charge in [-0.15, -0.1) is 0 Å². The average Bonchev–Trinajstić information content (AvgIpc) is 1.81. The molecule has 0 saturated carbocycles. The van der Waals surface area contributed by atoms with E-state index in [1.165, 1.54) is 0 Å². The van der Waals surface area contributed by atoms with Gasteiger partial charge in [-0.2, -0.15) is 4.21 Å². The maximum Gasteiger partial charge on any atom is 0.302 e. The Balaban J connectivity index is 3.71. The predicted octanol–water partition coefficient (Wildman–Crippen LogP) is 1.57. The molecule has 2 unspecified atom stereocenters. The second-order valence-electron chi connectivity index (χ2n) is 2.50. The SMILES string of the molecule is CCC(OS(=O)O)C(C)C. The molecule has 0 amide bonds. The van der Waals surface area contributed by atoms with Crippen molar-refractivity contribution in [3.63, 3.8) is 0 Å². The van der Waals surface area contributed by atoms with Gasteiger partial charge in [0.25, 0.3) is 0 Å². The highest BCUT2D eigenvalue weighted by atomic mass is 32.2. The molecule has 0 aromatic heterocycles. The molecule has 4 heteroatoms. The first-order valence-corrected chi connectivity index (χ1v) is 4.39. The first kappa shape index (κ1) is 10.1. The quantitative estimate of drug-likeness (QED) is 0.645. The average molecular weight is 166 g/mol. The van der Waals surface area contributed by atoms with Crippen LogP contribution in [0, 0.1) is 5.92 Å². The van der Waals surface area contributed by atoms with Gasteiger partial charge in [-0.25, -0.2) is 0 Å². The molecule has 0 radical (unpaired) electrons. The van der Waals surface area contributed by atoms with Crippen molar-refractivity contribution >= 4 is 11.4 Å². The summed E-state index contributed by atoms with van der Waals surface area (Å²) in [6.45, 7) is 5.85. The van der Waals surface area contributed by atoms with Crippen LogP contribution in [0.3, 0.4) is 0 Å². The maximum atomic E-state index is 10.2. The van der Waals surface area contributed by atoms with Crippen LogP contribution in [0.15, 0.2) is 0 Å². The Hall–Kier alpha value is 0.0700. The van der Waals surface area contributed by atoms with Crippen LogP contribution in [0.25, 0.3) is 0 Å². The van der Waals surface area contributed by atoms with Gasteiger partial charge in [0, 0.05) is 0 Å². The van der Waals surface area contributed by atoms with Gasteiger partial charge in [-0.05, 0) is 12.3 Å². The standard InChI is InChI=1S/C6H14O3S/c1-4-6(5(2)3)9-10(7)8/h5-6H,4H2,1-3H3,(H,7,8). The highest BCUT2D eigenvalue weighted by molar-refractivity contribution is 7.74. The van der Waals surface area contributed by atoms with Crippen LogP contribution < -0.4 is 0 Å². The third kappa shape index (κ3) is 3.98. The van der Waals surface area contributed by atoms with E-state index < -0.39 is 11.4 Å². The zero-order valence-electron chi connectivity index (χ0n) is 6.53. The Labute approximate surface area is 64.3 Å². The van der Waals surface area contributed by atoms with Crippen LogP contribution in [-0.4, -0.2) is 14.9 Å². The van der Waals surface area contributed by atoms with E-state index in [1.807, 2.05) is 20.8 Å². The third-order valence-electron chi connectivity index (χ3n) is 1.35. The lowest BCUT2D eigenvalue weighted by atomic mass is 10.1. The van der Waals surface area contributed by atoms with Crippen LogP contribution in [0.1, 0.15) is 27.2 Å². The fourth-order valence-corrected chi connectivity index (χ4v) is 1.33. The van der Waals surface area contributed by atoms with Gasteiger partial charge < -0.3 is 0 Å². The van der Waals surface area contributed by atoms with E-state index in [1.54, 1.807) is 0 Å². The molecule has 0 fully saturated rings. The van der Waals surface area contributed by atoms with Gasteiger partial charge in [0.1, 0.15) is 0 Å². The van der Waals surface area contributed by atoms with E-state index in [9.17, 15) is 4.21 Å². The van der Waals surface area contributed by atoms with Crippen molar-refractivity contribution in [2.24, 2.45) is 5.92 Å².